The highest BCUT2D eigenvalue weighted by molar-refractivity contribution is 5.46. The van der Waals surface area contributed by atoms with Crippen LogP contribution in [0, 0.1) is 11.3 Å². The van der Waals surface area contributed by atoms with Gasteiger partial charge in [0.25, 0.3) is 0 Å². The maximum absolute atomic E-state index is 8.95. The Balaban J connectivity index is 2.59. The van der Waals surface area contributed by atoms with E-state index in [1.165, 1.54) is 0 Å². The van der Waals surface area contributed by atoms with Gasteiger partial charge in [0, 0.05) is 6.20 Å². The van der Waals surface area contributed by atoms with Crippen LogP contribution < -0.4 is 0 Å². The van der Waals surface area contributed by atoms with Gasteiger partial charge in [0.05, 0.1) is 17.8 Å². The Kier molecular flexibility index (Phi) is 2.19. The minimum Gasteiger partial charge on any atom is -0.303 e. The van der Waals surface area contributed by atoms with Crippen molar-refractivity contribution in [1.29, 1.82) is 5.26 Å². The number of hydrogen-bond acceptors (Lipinski definition) is 2. The first kappa shape index (κ1) is 8.76. The van der Waals surface area contributed by atoms with Gasteiger partial charge in [-0.15, -0.1) is 0 Å². The molecule has 2 heterocycles. The molecule has 3 nitrogen and oxygen atoms in total. The van der Waals surface area contributed by atoms with Crippen LogP contribution in [0.1, 0.15) is 25.1 Å². The third-order valence-corrected chi connectivity index (χ3v) is 2.34. The average molecular weight is 185 g/mol. The molecule has 0 bridgehead atoms. The van der Waals surface area contributed by atoms with E-state index in [0.29, 0.717) is 0 Å². The third-order valence-electron chi connectivity index (χ3n) is 2.34. The van der Waals surface area contributed by atoms with E-state index in [9.17, 15) is 0 Å². The maximum Gasteiger partial charge on any atom is 0.130 e. The molecule has 2 rings (SSSR count). The Morgan fingerprint density at radius 3 is 3.14 bits per heavy atom. The Morgan fingerprint density at radius 2 is 2.43 bits per heavy atom. The second-order valence-corrected chi connectivity index (χ2v) is 3.20. The number of nitrogens with zero attached hydrogens (tertiary/aromatic N) is 3. The molecule has 0 radical (unpaired) electrons. The molecule has 14 heavy (non-hydrogen) atoms. The van der Waals surface area contributed by atoms with Crippen LogP contribution >= 0.6 is 0 Å². The molecule has 2 aromatic rings. The van der Waals surface area contributed by atoms with E-state index in [-0.39, 0.29) is 5.92 Å². The van der Waals surface area contributed by atoms with Gasteiger partial charge in [0.1, 0.15) is 11.7 Å². The van der Waals surface area contributed by atoms with Gasteiger partial charge in [-0.1, -0.05) is 13.0 Å². The van der Waals surface area contributed by atoms with Crippen molar-refractivity contribution in [2.75, 3.05) is 0 Å². The summed E-state index contributed by atoms with van der Waals surface area (Å²) < 4.78 is 1.97. The van der Waals surface area contributed by atoms with Crippen LogP contribution in [0.4, 0.5) is 0 Å². The van der Waals surface area contributed by atoms with Crippen LogP contribution in [0.5, 0.6) is 0 Å². The fourth-order valence-corrected chi connectivity index (χ4v) is 1.55. The number of aromatic nitrogens is 2. The van der Waals surface area contributed by atoms with Crippen LogP contribution in [0.2, 0.25) is 0 Å². The smallest absolute Gasteiger partial charge is 0.130 e. The molecule has 0 fully saturated rings. The first-order chi connectivity index (χ1) is 6.86. The van der Waals surface area contributed by atoms with Crippen LogP contribution in [-0.2, 0) is 0 Å². The van der Waals surface area contributed by atoms with Crippen molar-refractivity contribution in [1.82, 2.24) is 9.38 Å². The summed E-state index contributed by atoms with van der Waals surface area (Å²) >= 11 is 0. The maximum atomic E-state index is 8.95. The molecule has 0 saturated carbocycles. The summed E-state index contributed by atoms with van der Waals surface area (Å²) in [6, 6.07) is 8.16. The number of imidazole rings is 1. The second-order valence-electron chi connectivity index (χ2n) is 3.20. The summed E-state index contributed by atoms with van der Waals surface area (Å²) in [5, 5.41) is 8.95. The van der Waals surface area contributed by atoms with E-state index >= 15 is 0 Å². The van der Waals surface area contributed by atoms with Crippen LogP contribution in [-0.4, -0.2) is 9.38 Å². The van der Waals surface area contributed by atoms with Gasteiger partial charge < -0.3 is 4.40 Å². The van der Waals surface area contributed by atoms with Gasteiger partial charge in [-0.3, -0.25) is 0 Å². The van der Waals surface area contributed by atoms with Gasteiger partial charge in [0.15, 0.2) is 0 Å². The van der Waals surface area contributed by atoms with Crippen LogP contribution in [0.3, 0.4) is 0 Å². The number of rotatable bonds is 2. The van der Waals surface area contributed by atoms with E-state index in [1.807, 2.05) is 35.7 Å². The molecule has 0 aliphatic heterocycles. The van der Waals surface area contributed by atoms with Gasteiger partial charge in [0.2, 0.25) is 0 Å². The molecule has 1 unspecified atom stereocenters. The molecular weight excluding hydrogens is 174 g/mol. The lowest BCUT2D eigenvalue weighted by Gasteiger charge is -2.04. The van der Waals surface area contributed by atoms with Crippen molar-refractivity contribution < 1.29 is 0 Å². The summed E-state index contributed by atoms with van der Waals surface area (Å²) in [7, 11) is 0. The summed E-state index contributed by atoms with van der Waals surface area (Å²) in [6.07, 6.45) is 4.54. The van der Waals surface area contributed by atoms with E-state index < -0.39 is 0 Å². The average Bonchev–Trinajstić information content (AvgIpc) is 2.65. The van der Waals surface area contributed by atoms with Crippen molar-refractivity contribution in [3.63, 3.8) is 0 Å². The highest BCUT2D eigenvalue weighted by Gasteiger charge is 2.13. The van der Waals surface area contributed by atoms with Crippen molar-refractivity contribution >= 4 is 5.52 Å². The number of pyridine rings is 1. The number of nitriles is 1. The molecular formula is C11H11N3. The Hall–Kier alpha value is -1.82. The normalized spacial score (nSPS) is 12.6. The minimum atomic E-state index is -0.111. The first-order valence-corrected chi connectivity index (χ1v) is 4.68. The molecule has 0 N–H and O–H groups in total. The lowest BCUT2D eigenvalue weighted by Crippen LogP contribution is -2.00. The SMILES string of the molecule is CCC(C#N)c1ncc2ccccn12. The summed E-state index contributed by atoms with van der Waals surface area (Å²) in [5.41, 5.74) is 1.04. The number of fused-ring (bicyclic) bond motifs is 1. The van der Waals surface area contributed by atoms with E-state index in [1.54, 1.807) is 6.20 Å². The van der Waals surface area contributed by atoms with Crippen molar-refractivity contribution in [3.05, 3.63) is 36.4 Å². The van der Waals surface area contributed by atoms with Crippen molar-refractivity contribution in [2.45, 2.75) is 19.3 Å². The lowest BCUT2D eigenvalue weighted by molar-refractivity contribution is 0.747. The monoisotopic (exact) mass is 185 g/mol. The quantitative estimate of drug-likeness (QED) is 0.720. The Labute approximate surface area is 82.6 Å². The number of hydrogen-bond donors (Lipinski definition) is 0. The highest BCUT2D eigenvalue weighted by atomic mass is 15.0. The van der Waals surface area contributed by atoms with Gasteiger partial charge >= 0.3 is 0 Å². The topological polar surface area (TPSA) is 41.1 Å². The fraction of sp³-hybridized carbons (Fsp3) is 0.273. The Bertz CT molecular complexity index is 478. The molecule has 0 saturated heterocycles. The standard InChI is InChI=1S/C11H11N3/c1-2-9(7-12)11-13-8-10-5-3-4-6-14(10)11/h3-6,8-9H,2H2,1H3. The fourth-order valence-electron chi connectivity index (χ4n) is 1.55. The summed E-state index contributed by atoms with van der Waals surface area (Å²) in [5.74, 6) is 0.727. The minimum absolute atomic E-state index is 0.111. The van der Waals surface area contributed by atoms with Gasteiger partial charge in [-0.05, 0) is 18.6 Å². The molecule has 0 aliphatic carbocycles. The highest BCUT2D eigenvalue weighted by Crippen LogP contribution is 2.18. The Morgan fingerprint density at radius 1 is 1.57 bits per heavy atom. The first-order valence-electron chi connectivity index (χ1n) is 4.68. The zero-order valence-electron chi connectivity index (χ0n) is 8.01. The van der Waals surface area contributed by atoms with E-state index in [4.69, 9.17) is 5.26 Å². The van der Waals surface area contributed by atoms with Gasteiger partial charge in [-0.25, -0.2) is 4.98 Å². The van der Waals surface area contributed by atoms with Gasteiger partial charge in [-0.2, -0.15) is 5.26 Å². The molecule has 0 amide bonds. The molecule has 0 aliphatic rings. The molecule has 70 valence electrons. The van der Waals surface area contributed by atoms with Crippen molar-refractivity contribution in [2.24, 2.45) is 0 Å². The van der Waals surface area contributed by atoms with Crippen LogP contribution in [0.25, 0.3) is 5.52 Å². The summed E-state index contributed by atoms with van der Waals surface area (Å²) in [4.78, 5) is 4.28. The predicted molar refractivity (Wildman–Crippen MR) is 53.8 cm³/mol. The molecule has 1 atom stereocenters. The largest absolute Gasteiger partial charge is 0.303 e. The molecule has 0 spiro atoms. The van der Waals surface area contributed by atoms with E-state index in [0.717, 1.165) is 17.8 Å². The third kappa shape index (κ3) is 1.25. The van der Waals surface area contributed by atoms with E-state index in [2.05, 4.69) is 11.1 Å². The van der Waals surface area contributed by atoms with Crippen LogP contribution in [0.15, 0.2) is 30.6 Å². The zero-order valence-corrected chi connectivity index (χ0v) is 8.01. The molecule has 0 aromatic carbocycles. The molecule has 3 heteroatoms. The zero-order chi connectivity index (χ0) is 9.97. The van der Waals surface area contributed by atoms with Crippen molar-refractivity contribution in [3.8, 4) is 6.07 Å². The lowest BCUT2D eigenvalue weighted by atomic mass is 10.1. The summed E-state index contributed by atoms with van der Waals surface area (Å²) in [6.45, 7) is 2.00. The second kappa shape index (κ2) is 3.51. The predicted octanol–water partition coefficient (Wildman–Crippen LogP) is 2.35. The molecule has 2 aromatic heterocycles.